The minimum absolute atomic E-state index is 0.125. The number of rotatable bonds is 6. The lowest BCUT2D eigenvalue weighted by atomic mass is 10.1. The zero-order valence-electron chi connectivity index (χ0n) is 13.1. The average Bonchev–Trinajstić information content (AvgIpc) is 2.45. The Hall–Kier alpha value is -1.76. The van der Waals surface area contributed by atoms with Crippen LogP contribution in [-0.2, 0) is 4.74 Å². The lowest BCUT2D eigenvalue weighted by Crippen LogP contribution is -2.15. The van der Waals surface area contributed by atoms with Gasteiger partial charge in [-0.25, -0.2) is 9.79 Å². The molecule has 0 aliphatic heterocycles. The molecule has 0 saturated carbocycles. The van der Waals surface area contributed by atoms with Gasteiger partial charge in [0, 0.05) is 13.6 Å². The third-order valence-electron chi connectivity index (χ3n) is 3.03. The largest absolute Gasteiger partial charge is 0.462 e. The van der Waals surface area contributed by atoms with Gasteiger partial charge in [0.15, 0.2) is 0 Å². The first-order valence-corrected chi connectivity index (χ1v) is 7.30. The Morgan fingerprint density at radius 2 is 2.09 bits per heavy atom. The summed E-state index contributed by atoms with van der Waals surface area (Å²) in [7, 11) is 1.84. The van der Waals surface area contributed by atoms with Gasteiger partial charge in [0.1, 0.15) is 6.61 Å². The molecule has 0 bridgehead atoms. The van der Waals surface area contributed by atoms with E-state index in [0.29, 0.717) is 11.3 Å². The number of carbonyl (C=O) groups is 1. The molecular formula is C15H18ClF3N2O2. The van der Waals surface area contributed by atoms with Crippen molar-refractivity contribution in [2.45, 2.75) is 26.4 Å². The zero-order chi connectivity index (χ0) is 17.6. The highest BCUT2D eigenvalue weighted by atomic mass is 35.5. The van der Waals surface area contributed by atoms with Crippen LogP contribution in [0.3, 0.4) is 0 Å². The number of halogens is 4. The number of benzene rings is 1. The molecule has 0 radical (unpaired) electrons. The molecule has 0 aliphatic carbocycles. The number of aryl methyl sites for hydroxylation is 1. The number of ether oxygens (including phenoxy) is 1. The van der Waals surface area contributed by atoms with Crippen molar-refractivity contribution in [1.29, 1.82) is 0 Å². The normalized spacial score (nSPS) is 11.8. The number of aliphatic imine (C=N–C) groups is 1. The molecule has 0 aromatic heterocycles. The van der Waals surface area contributed by atoms with E-state index in [2.05, 4.69) is 9.73 Å². The summed E-state index contributed by atoms with van der Waals surface area (Å²) in [5, 5.41) is 0.221. The summed E-state index contributed by atoms with van der Waals surface area (Å²) in [6, 6.07) is 2.94. The summed E-state index contributed by atoms with van der Waals surface area (Å²) < 4.78 is 40.8. The van der Waals surface area contributed by atoms with Crippen LogP contribution in [-0.4, -0.2) is 43.6 Å². The second-order valence-electron chi connectivity index (χ2n) is 4.94. The quantitative estimate of drug-likeness (QED) is 0.434. The number of nitrogens with zero attached hydrogens (tertiary/aromatic N) is 2. The van der Waals surface area contributed by atoms with Crippen molar-refractivity contribution < 1.29 is 22.7 Å². The number of hydrogen-bond donors (Lipinski definition) is 0. The highest BCUT2D eigenvalue weighted by Crippen LogP contribution is 2.29. The predicted molar refractivity (Wildman–Crippen MR) is 83.6 cm³/mol. The molecule has 8 heteroatoms. The topological polar surface area (TPSA) is 41.9 Å². The van der Waals surface area contributed by atoms with Crippen molar-refractivity contribution in [2.75, 3.05) is 20.2 Å². The van der Waals surface area contributed by atoms with E-state index in [4.69, 9.17) is 11.6 Å². The lowest BCUT2D eigenvalue weighted by molar-refractivity contribution is -0.141. The fourth-order valence-corrected chi connectivity index (χ4v) is 1.78. The van der Waals surface area contributed by atoms with Crippen molar-refractivity contribution in [3.8, 4) is 0 Å². The second-order valence-corrected chi connectivity index (χ2v) is 5.34. The van der Waals surface area contributed by atoms with E-state index >= 15 is 0 Å². The monoisotopic (exact) mass is 350 g/mol. The van der Waals surface area contributed by atoms with Gasteiger partial charge >= 0.3 is 12.1 Å². The van der Waals surface area contributed by atoms with Crippen LogP contribution in [0.25, 0.3) is 0 Å². The maximum Gasteiger partial charge on any atom is 0.392 e. The third-order valence-corrected chi connectivity index (χ3v) is 3.33. The summed E-state index contributed by atoms with van der Waals surface area (Å²) in [5.41, 5.74) is 1.12. The molecule has 1 aromatic carbocycles. The molecule has 0 aliphatic rings. The molecule has 0 unspecified atom stereocenters. The fraction of sp³-hybridized carbons (Fsp3) is 0.467. The number of carbonyl (C=O) groups excluding carboxylic acids is 1. The molecule has 1 aromatic rings. The molecule has 0 N–H and O–H groups in total. The minimum atomic E-state index is -4.36. The Bertz CT molecular complexity index is 589. The van der Waals surface area contributed by atoms with Crippen LogP contribution in [0.2, 0.25) is 5.02 Å². The Morgan fingerprint density at radius 1 is 1.43 bits per heavy atom. The Balaban J connectivity index is 2.83. The molecule has 0 fully saturated rings. The van der Waals surface area contributed by atoms with E-state index in [0.717, 1.165) is 6.54 Å². The van der Waals surface area contributed by atoms with E-state index in [9.17, 15) is 18.0 Å². The van der Waals surface area contributed by atoms with E-state index in [-0.39, 0.29) is 10.6 Å². The van der Waals surface area contributed by atoms with Crippen LogP contribution in [0.5, 0.6) is 0 Å². The summed E-state index contributed by atoms with van der Waals surface area (Å²) in [5.74, 6) is -0.838. The van der Waals surface area contributed by atoms with Crippen molar-refractivity contribution >= 4 is 29.6 Å². The first kappa shape index (κ1) is 19.3. The molecule has 0 amide bonds. The lowest BCUT2D eigenvalue weighted by Gasteiger charge is -2.11. The Morgan fingerprint density at radius 3 is 2.65 bits per heavy atom. The van der Waals surface area contributed by atoms with Crippen LogP contribution in [0.4, 0.5) is 18.9 Å². The highest BCUT2D eigenvalue weighted by Gasteiger charge is 2.27. The summed E-state index contributed by atoms with van der Waals surface area (Å²) >= 11 is 6.06. The van der Waals surface area contributed by atoms with Gasteiger partial charge in [-0.1, -0.05) is 11.6 Å². The molecule has 0 spiro atoms. The number of alkyl halides is 3. The SMILES string of the molecule is CCN(C)/C=N/c1cc(C)c(C(=O)OCCC(F)(F)F)cc1Cl. The molecule has 0 heterocycles. The van der Waals surface area contributed by atoms with Crippen LogP contribution in [0.1, 0.15) is 29.3 Å². The molecule has 0 saturated heterocycles. The van der Waals surface area contributed by atoms with Gasteiger partial charge < -0.3 is 9.64 Å². The highest BCUT2D eigenvalue weighted by molar-refractivity contribution is 6.33. The smallest absolute Gasteiger partial charge is 0.392 e. The maximum absolute atomic E-state index is 12.1. The van der Waals surface area contributed by atoms with Crippen LogP contribution < -0.4 is 0 Å². The first-order valence-electron chi connectivity index (χ1n) is 6.92. The standard InChI is InChI=1S/C15H18ClF3N2O2/c1-4-21(3)9-20-13-7-10(2)11(8-12(13)16)14(22)23-6-5-15(17,18)19/h7-9H,4-6H2,1-3H3/b20-9+. The molecule has 23 heavy (non-hydrogen) atoms. The zero-order valence-corrected chi connectivity index (χ0v) is 13.8. The Labute approximate surface area is 137 Å². The predicted octanol–water partition coefficient (Wildman–Crippen LogP) is 4.37. The summed E-state index contributed by atoms with van der Waals surface area (Å²) in [6.07, 6.45) is -3.95. The summed E-state index contributed by atoms with van der Waals surface area (Å²) in [6.45, 7) is 3.64. The van der Waals surface area contributed by atoms with Gasteiger partial charge in [-0.15, -0.1) is 0 Å². The second kappa shape index (κ2) is 8.19. The van der Waals surface area contributed by atoms with Crippen LogP contribution in [0.15, 0.2) is 17.1 Å². The Kier molecular flexibility index (Phi) is 6.87. The van der Waals surface area contributed by atoms with Gasteiger partial charge in [-0.2, -0.15) is 13.2 Å². The molecule has 1 rings (SSSR count). The van der Waals surface area contributed by atoms with Crippen LogP contribution >= 0.6 is 11.6 Å². The van der Waals surface area contributed by atoms with Crippen molar-refractivity contribution in [2.24, 2.45) is 4.99 Å². The van der Waals surface area contributed by atoms with Gasteiger partial charge in [0.25, 0.3) is 0 Å². The maximum atomic E-state index is 12.1. The molecule has 0 atom stereocenters. The molecular weight excluding hydrogens is 333 g/mol. The molecule has 4 nitrogen and oxygen atoms in total. The summed E-state index contributed by atoms with van der Waals surface area (Å²) in [4.78, 5) is 17.9. The van der Waals surface area contributed by atoms with Crippen molar-refractivity contribution in [3.63, 3.8) is 0 Å². The van der Waals surface area contributed by atoms with Gasteiger partial charge in [0.05, 0.1) is 29.0 Å². The van der Waals surface area contributed by atoms with Crippen LogP contribution in [0, 0.1) is 6.92 Å². The minimum Gasteiger partial charge on any atom is -0.462 e. The van der Waals surface area contributed by atoms with Crippen molar-refractivity contribution in [1.82, 2.24) is 4.90 Å². The molecule has 128 valence electrons. The van der Waals surface area contributed by atoms with E-state index in [1.165, 1.54) is 6.07 Å². The fourth-order valence-electron chi connectivity index (χ4n) is 1.56. The van der Waals surface area contributed by atoms with Gasteiger partial charge in [-0.3, -0.25) is 0 Å². The van der Waals surface area contributed by atoms with E-state index in [1.807, 2.05) is 18.9 Å². The van der Waals surface area contributed by atoms with Gasteiger partial charge in [0.2, 0.25) is 0 Å². The van der Waals surface area contributed by atoms with Gasteiger partial charge in [-0.05, 0) is 31.5 Å². The number of esters is 1. The van der Waals surface area contributed by atoms with Crippen molar-refractivity contribution in [3.05, 3.63) is 28.3 Å². The van der Waals surface area contributed by atoms with E-state index in [1.54, 1.807) is 19.3 Å². The first-order chi connectivity index (χ1) is 10.6. The van der Waals surface area contributed by atoms with E-state index < -0.39 is 25.2 Å². The third kappa shape index (κ3) is 6.48. The number of hydrogen-bond acceptors (Lipinski definition) is 3. The average molecular weight is 351 g/mol.